The normalized spacial score (nSPS) is 15.3. The first kappa shape index (κ1) is 113. The van der Waals surface area contributed by atoms with Gasteiger partial charge in [0.2, 0.25) is 35.4 Å². The largest absolute Gasteiger partial charge is 0.481 e. The van der Waals surface area contributed by atoms with Crippen LogP contribution >= 0.6 is 68.0 Å². The van der Waals surface area contributed by atoms with Gasteiger partial charge in [0.1, 0.15) is 135 Å². The van der Waals surface area contributed by atoms with Crippen molar-refractivity contribution in [2.45, 2.75) is 130 Å². The van der Waals surface area contributed by atoms with Gasteiger partial charge in [0.25, 0.3) is 0 Å². The molecular formula is C100H86F6N18O18S6. The Morgan fingerprint density at radius 3 is 0.858 bits per heavy atom. The van der Waals surface area contributed by atoms with Crippen LogP contribution in [0, 0.1) is 150 Å². The van der Waals surface area contributed by atoms with Crippen molar-refractivity contribution in [3.05, 3.63) is 210 Å². The molecule has 3 saturated carbocycles. The molecule has 6 aromatic heterocycles. The Balaban J connectivity index is 0.000000182. The summed E-state index contributed by atoms with van der Waals surface area (Å²) < 4.78 is 78.2. The van der Waals surface area contributed by atoms with Crippen LogP contribution in [0.3, 0.4) is 0 Å². The third kappa shape index (κ3) is 32.9. The summed E-state index contributed by atoms with van der Waals surface area (Å²) in [5, 5.41) is 126. The van der Waals surface area contributed by atoms with Crippen molar-refractivity contribution in [1.82, 2.24) is 29.9 Å². The van der Waals surface area contributed by atoms with E-state index in [1.807, 2.05) is 36.4 Å². The lowest BCUT2D eigenvalue weighted by molar-refractivity contribution is -0.148. The summed E-state index contributed by atoms with van der Waals surface area (Å²) in [5.41, 5.74) is 4.81. The van der Waals surface area contributed by atoms with Crippen molar-refractivity contribution in [3.8, 4) is 104 Å². The van der Waals surface area contributed by atoms with E-state index in [0.717, 1.165) is 80.9 Å². The minimum absolute atomic E-state index is 0.0413. The van der Waals surface area contributed by atoms with Crippen molar-refractivity contribution in [2.75, 3.05) is 31.9 Å². The number of nitrogens with one attached hydrogen (secondary N) is 6. The number of halogens is 6. The zero-order valence-corrected chi connectivity index (χ0v) is 83.0. The average molecular weight is 2130 g/mol. The number of thiazole rings is 6. The van der Waals surface area contributed by atoms with Crippen LogP contribution in [-0.2, 0) is 57.5 Å². The number of nitriles is 6. The Labute approximate surface area is 862 Å². The van der Waals surface area contributed by atoms with Crippen molar-refractivity contribution in [2.24, 2.45) is 46.8 Å². The van der Waals surface area contributed by atoms with Gasteiger partial charge in [-0.05, 0) is 216 Å². The molecule has 12 aromatic rings. The summed E-state index contributed by atoms with van der Waals surface area (Å²) in [6.45, 7) is 4.95. The van der Waals surface area contributed by atoms with E-state index in [1.165, 1.54) is 146 Å². The number of hydrogen-bond acceptors (Lipinski definition) is 30. The zero-order valence-electron chi connectivity index (χ0n) is 78.1. The second kappa shape index (κ2) is 53.7. The van der Waals surface area contributed by atoms with Crippen molar-refractivity contribution < 1.29 is 115 Å². The van der Waals surface area contributed by atoms with Gasteiger partial charge in [-0.15, -0.1) is 0 Å². The first-order valence-corrected chi connectivity index (χ1v) is 49.6. The van der Waals surface area contributed by atoms with Gasteiger partial charge in [0, 0.05) is 82.7 Å². The molecule has 3 aliphatic carbocycles. The number of carboxylic acids is 6. The lowest BCUT2D eigenvalue weighted by Gasteiger charge is -2.26. The van der Waals surface area contributed by atoms with Crippen LogP contribution < -0.4 is 31.9 Å². The van der Waals surface area contributed by atoms with Crippen LogP contribution in [0.4, 0.5) is 57.1 Å². The molecule has 12 N–H and O–H groups in total. The summed E-state index contributed by atoms with van der Waals surface area (Å²) in [4.78, 5) is 166. The molecular weight excluding hydrogens is 2050 g/mol. The van der Waals surface area contributed by atoms with E-state index in [-0.39, 0.29) is 141 Å². The number of hydrogen-bond donors (Lipinski definition) is 12. The topological polar surface area (TPSA) is 618 Å². The third-order valence-electron chi connectivity index (χ3n) is 22.6. The summed E-state index contributed by atoms with van der Waals surface area (Å²) in [5.74, 6) is -13.4. The molecule has 7 atom stereocenters. The molecule has 148 heavy (non-hydrogen) atoms. The molecule has 3 fully saturated rings. The van der Waals surface area contributed by atoms with Crippen LogP contribution in [0.5, 0.6) is 0 Å². The molecule has 0 bridgehead atoms. The molecule has 48 heteroatoms. The highest BCUT2D eigenvalue weighted by Crippen LogP contribution is 2.42. The van der Waals surface area contributed by atoms with Gasteiger partial charge in [0.05, 0.1) is 23.7 Å². The summed E-state index contributed by atoms with van der Waals surface area (Å²) in [6, 6.07) is 45.5. The zero-order chi connectivity index (χ0) is 108. The highest BCUT2D eigenvalue weighted by Gasteiger charge is 2.39. The van der Waals surface area contributed by atoms with Gasteiger partial charge in [-0.2, -0.15) is 31.6 Å². The molecule has 0 radical (unpaired) electrons. The van der Waals surface area contributed by atoms with E-state index in [4.69, 9.17) is 30.8 Å². The van der Waals surface area contributed by atoms with Gasteiger partial charge in [-0.1, -0.05) is 102 Å². The maximum atomic E-state index is 13.1. The maximum absolute atomic E-state index is 13.1. The molecule has 762 valence electrons. The number of rotatable bonds is 30. The van der Waals surface area contributed by atoms with Crippen molar-refractivity contribution in [1.29, 1.82) is 31.6 Å². The van der Waals surface area contributed by atoms with Crippen LogP contribution in [0.25, 0.3) is 67.5 Å². The molecule has 0 saturated heterocycles. The first-order chi connectivity index (χ1) is 70.5. The van der Waals surface area contributed by atoms with Gasteiger partial charge >= 0.3 is 35.8 Å². The highest BCUT2D eigenvalue weighted by atomic mass is 32.1. The Hall–Kier alpha value is -16.7. The SMILES string of the molecule is CC(C)(CCC(=O)O)C(=O)Nc1nc(-c2ccc(F)cc2)c(C#N)s1.CC(CC(=O)O)CC(=O)Nc1nc(-c2ccc(F)cc2)c(C#N)s1.N#Cc1sc(NC(=O)CCCC(=O)O)nc1-c1ccc(F)cc1.N#Cc1sc(NC(=O)[C@@H]2CC[C@H](C(=O)O)C2)nc1-c1ccc(F)cc1.N#Cc1sc(NC(=O)[C@H]2CCCC[C@H]2C(=O)O)nc1-c1ccc(F)cc1.N#Cc1sc(NC(=O)[C@H]2CC[C@H](C(=O)O)C2)nc1-c1ccc(F)cc1. The second-order valence-corrected chi connectivity index (χ2v) is 39.8. The molecule has 6 aromatic carbocycles. The quantitative estimate of drug-likeness (QED) is 0.0186. The number of nitrogens with zero attached hydrogens (tertiary/aromatic N) is 12. The molecule has 3 aliphatic rings. The number of aromatic nitrogens is 6. The van der Waals surface area contributed by atoms with E-state index < -0.39 is 88.2 Å². The predicted molar refractivity (Wildman–Crippen MR) is 533 cm³/mol. The van der Waals surface area contributed by atoms with E-state index >= 15 is 0 Å². The number of benzene rings is 6. The summed E-state index contributed by atoms with van der Waals surface area (Å²) in [7, 11) is 0. The fourth-order valence-corrected chi connectivity index (χ4v) is 19.7. The van der Waals surface area contributed by atoms with E-state index in [0.29, 0.717) is 148 Å². The van der Waals surface area contributed by atoms with Gasteiger partial charge in [-0.25, -0.2) is 56.2 Å². The molecule has 15 rings (SSSR count). The number of carbonyl (C=O) groups is 12. The van der Waals surface area contributed by atoms with Gasteiger partial charge < -0.3 is 62.5 Å². The Bertz CT molecular complexity index is 7020. The van der Waals surface area contributed by atoms with Crippen LogP contribution in [-0.4, -0.2) is 132 Å². The smallest absolute Gasteiger partial charge is 0.307 e. The number of amides is 6. The lowest BCUT2D eigenvalue weighted by Crippen LogP contribution is -2.36. The van der Waals surface area contributed by atoms with E-state index in [9.17, 15) is 115 Å². The van der Waals surface area contributed by atoms with Crippen LogP contribution in [0.1, 0.15) is 159 Å². The highest BCUT2D eigenvalue weighted by molar-refractivity contribution is 7.18. The average Bonchev–Trinajstić information content (AvgIpc) is 1.73. The standard InChI is InChI=1S/C18H16FN3O3S.2C17H14FN3O3S.C17H16FN3O3S.C16H14FN3O3S.C15H12FN3O3S/c19-11-7-5-10(6-8-11)15-14(9-20)26-18(21-15)22-16(23)12-3-1-2-4-13(12)17(24)25;2*18-12-5-3-9(4-6-12)14-13(8-19)25-17(20-14)21-15(22)10-1-2-11(7-10)16(23)24;1-17(2,8-7-13(22)23)15(24)21-16-20-14(12(9-19)25-16)10-3-5-11(18)6-4-10;1-9(7-14(22)23)6-13(21)19-16-20-15(12(8-18)24-16)10-2-4-11(17)5-3-10;16-10-6-4-9(5-7-10)14-11(8-17)23-15(19-14)18-12(20)2-1-3-13(21)22/h5-8,12-13H,1-4H2,(H,24,25)(H,21,22,23);2*3-6,10-11H,1-2,7H2,(H,23,24)(H,20,21,22);3-6H,7-8H2,1-2H3,(H,22,23)(H,20,21,24);2-5,9H,6-7H2,1H3,(H,22,23)(H,19,20,21);4-7H,1-3H2,(H,21,22)(H,18,19,20)/t12-,13+;10-,11+;10-,11-;;;/m010.../s1. The fourth-order valence-electron chi connectivity index (χ4n) is 15.0. The molecule has 0 spiro atoms. The van der Waals surface area contributed by atoms with Crippen LogP contribution in [0.15, 0.2) is 146 Å². The number of carboxylic acid groups (broad SMARTS) is 6. The Kier molecular flexibility index (Phi) is 41.1. The number of anilines is 6. The fraction of sp³-hybridized carbons (Fsp3) is 0.280. The van der Waals surface area contributed by atoms with Crippen molar-refractivity contribution >= 4 is 170 Å². The summed E-state index contributed by atoms with van der Waals surface area (Å²) >= 11 is 6.13. The third-order valence-corrected chi connectivity index (χ3v) is 27.9. The second-order valence-electron chi connectivity index (χ2n) is 33.8. The van der Waals surface area contributed by atoms with Crippen LogP contribution in [0.2, 0.25) is 0 Å². The first-order valence-electron chi connectivity index (χ1n) is 44.7. The minimum atomic E-state index is -0.972. The maximum Gasteiger partial charge on any atom is 0.307 e. The van der Waals surface area contributed by atoms with Gasteiger partial charge in [0.15, 0.2) is 30.8 Å². The lowest BCUT2D eigenvalue weighted by atomic mass is 9.79. The monoisotopic (exact) mass is 2130 g/mol. The molecule has 6 amide bonds. The van der Waals surface area contributed by atoms with E-state index in [1.54, 1.807) is 20.8 Å². The minimum Gasteiger partial charge on any atom is -0.481 e. The molecule has 1 unspecified atom stereocenters. The molecule has 0 aliphatic heterocycles. The molecule has 36 nitrogen and oxygen atoms in total. The van der Waals surface area contributed by atoms with E-state index in [2.05, 4.69) is 61.8 Å². The van der Waals surface area contributed by atoms with Crippen molar-refractivity contribution in [3.63, 3.8) is 0 Å². The predicted octanol–water partition coefficient (Wildman–Crippen LogP) is 20.1. The number of carbonyl (C=O) groups excluding carboxylic acids is 6. The molecule has 6 heterocycles. The summed E-state index contributed by atoms with van der Waals surface area (Å²) in [6.07, 6.45) is 5.41. The Morgan fingerprint density at radius 1 is 0.331 bits per heavy atom. The Morgan fingerprint density at radius 2 is 0.595 bits per heavy atom. The van der Waals surface area contributed by atoms with Gasteiger partial charge in [-0.3, -0.25) is 57.5 Å². The number of aliphatic carboxylic acids is 6.